The van der Waals surface area contributed by atoms with Crippen molar-refractivity contribution in [2.24, 2.45) is 0 Å². The Labute approximate surface area is 191 Å². The van der Waals surface area contributed by atoms with Crippen LogP contribution in [0.5, 0.6) is 11.5 Å². The summed E-state index contributed by atoms with van der Waals surface area (Å²) in [6.07, 6.45) is 4.56. The van der Waals surface area contributed by atoms with E-state index >= 15 is 0 Å². The number of hydrogen-bond donors (Lipinski definition) is 1. The molecule has 0 spiro atoms. The first kappa shape index (κ1) is 20.7. The van der Waals surface area contributed by atoms with Crippen LogP contribution in [0.3, 0.4) is 0 Å². The smallest absolute Gasteiger partial charge is 0.227 e. The molecule has 164 valence electrons. The second kappa shape index (κ2) is 8.74. The molecule has 6 nitrogen and oxygen atoms in total. The number of ether oxygens (including phenoxy) is 1. The lowest BCUT2D eigenvalue weighted by molar-refractivity contribution is -0.116. The van der Waals surface area contributed by atoms with Crippen LogP contribution in [0.15, 0.2) is 77.5 Å². The highest BCUT2D eigenvalue weighted by Crippen LogP contribution is 2.42. The minimum Gasteiger partial charge on any atom is -0.452 e. The number of carbonyl (C=O) groups is 1. The fraction of sp³-hybridized carbons (Fsp3) is 0.148. The van der Waals surface area contributed by atoms with Crippen LogP contribution < -0.4 is 10.1 Å². The van der Waals surface area contributed by atoms with Gasteiger partial charge in [-0.2, -0.15) is 0 Å². The van der Waals surface area contributed by atoms with Crippen molar-refractivity contribution in [3.8, 4) is 23.0 Å². The molecule has 0 fully saturated rings. The third-order valence-electron chi connectivity index (χ3n) is 5.47. The van der Waals surface area contributed by atoms with E-state index in [1.165, 1.54) is 0 Å². The number of aromatic nitrogens is 2. The number of amides is 1. The summed E-state index contributed by atoms with van der Waals surface area (Å²) in [4.78, 5) is 21.3. The van der Waals surface area contributed by atoms with Gasteiger partial charge in [-0.25, -0.2) is 4.98 Å². The first-order valence-electron chi connectivity index (χ1n) is 10.9. The van der Waals surface area contributed by atoms with Crippen LogP contribution in [0, 0.1) is 6.92 Å². The maximum Gasteiger partial charge on any atom is 0.227 e. The normalized spacial score (nSPS) is 11.1. The summed E-state index contributed by atoms with van der Waals surface area (Å²) in [5, 5.41) is 5.07. The lowest BCUT2D eigenvalue weighted by Gasteiger charge is -2.16. The number of carbonyl (C=O) groups excluding carboxylic acids is 1. The Balaban J connectivity index is 1.70. The molecule has 0 bridgehead atoms. The van der Waals surface area contributed by atoms with E-state index in [1.807, 2.05) is 74.5 Å². The van der Waals surface area contributed by atoms with E-state index in [4.69, 9.17) is 14.1 Å². The molecule has 5 aromatic rings. The van der Waals surface area contributed by atoms with E-state index in [0.29, 0.717) is 40.6 Å². The predicted molar refractivity (Wildman–Crippen MR) is 130 cm³/mol. The largest absolute Gasteiger partial charge is 0.452 e. The van der Waals surface area contributed by atoms with Gasteiger partial charge in [-0.3, -0.25) is 9.78 Å². The Morgan fingerprint density at radius 3 is 2.67 bits per heavy atom. The highest BCUT2D eigenvalue weighted by molar-refractivity contribution is 5.99. The van der Waals surface area contributed by atoms with Gasteiger partial charge in [0.1, 0.15) is 5.75 Å². The van der Waals surface area contributed by atoms with E-state index < -0.39 is 0 Å². The molecule has 0 saturated carbocycles. The standard InChI is InChI=1S/C27H23N3O3/c1-3-7-23(31)29-24-17(2)16-22-25(30-27(33-22)19-12-14-28-15-13-19)26(24)32-21-11-6-9-18-8-4-5-10-20(18)21/h4-6,8-16H,3,7H2,1-2H3,(H,29,31). The van der Waals surface area contributed by atoms with Crippen LogP contribution in [-0.2, 0) is 4.79 Å². The molecule has 2 aromatic heterocycles. The van der Waals surface area contributed by atoms with Crippen LogP contribution in [0.4, 0.5) is 5.69 Å². The summed E-state index contributed by atoms with van der Waals surface area (Å²) in [6.45, 7) is 3.90. The number of nitrogens with zero attached hydrogens (tertiary/aromatic N) is 2. The molecule has 0 unspecified atom stereocenters. The molecule has 0 radical (unpaired) electrons. The van der Waals surface area contributed by atoms with E-state index in [9.17, 15) is 4.79 Å². The SMILES string of the molecule is CCCC(=O)Nc1c(C)cc2oc(-c3ccncc3)nc2c1Oc1cccc2ccccc12. The molecule has 6 heteroatoms. The van der Waals surface area contributed by atoms with Gasteiger partial charge in [0, 0.05) is 29.8 Å². The number of fused-ring (bicyclic) bond motifs is 2. The van der Waals surface area contributed by atoms with Gasteiger partial charge in [0.15, 0.2) is 16.8 Å². The molecular formula is C27H23N3O3. The number of anilines is 1. The Morgan fingerprint density at radius 1 is 1.06 bits per heavy atom. The van der Waals surface area contributed by atoms with Crippen LogP contribution in [0.1, 0.15) is 25.3 Å². The van der Waals surface area contributed by atoms with Gasteiger partial charge in [0.05, 0.1) is 5.69 Å². The maximum absolute atomic E-state index is 12.5. The first-order valence-corrected chi connectivity index (χ1v) is 10.9. The number of aryl methyl sites for hydroxylation is 1. The number of oxazole rings is 1. The lowest BCUT2D eigenvalue weighted by atomic mass is 10.1. The Bertz CT molecular complexity index is 1450. The number of rotatable bonds is 6. The lowest BCUT2D eigenvalue weighted by Crippen LogP contribution is -2.12. The highest BCUT2D eigenvalue weighted by atomic mass is 16.5. The summed E-state index contributed by atoms with van der Waals surface area (Å²) in [5.74, 6) is 1.54. The van der Waals surface area contributed by atoms with Crippen molar-refractivity contribution in [3.63, 3.8) is 0 Å². The molecule has 3 aromatic carbocycles. The summed E-state index contributed by atoms with van der Waals surface area (Å²) >= 11 is 0. The Hall–Kier alpha value is -4.19. The van der Waals surface area contributed by atoms with Gasteiger partial charge in [0.25, 0.3) is 0 Å². The first-order chi connectivity index (χ1) is 16.1. The molecular weight excluding hydrogens is 414 g/mol. The van der Waals surface area contributed by atoms with Gasteiger partial charge < -0.3 is 14.5 Å². The quantitative estimate of drug-likeness (QED) is 0.313. The second-order valence-corrected chi connectivity index (χ2v) is 7.88. The molecule has 0 atom stereocenters. The van der Waals surface area contributed by atoms with E-state index in [2.05, 4.69) is 10.3 Å². The monoisotopic (exact) mass is 437 g/mol. The highest BCUT2D eigenvalue weighted by Gasteiger charge is 2.21. The van der Waals surface area contributed by atoms with Crippen molar-refractivity contribution in [3.05, 3.63) is 78.6 Å². The fourth-order valence-corrected chi connectivity index (χ4v) is 3.86. The van der Waals surface area contributed by atoms with Gasteiger partial charge in [-0.05, 0) is 48.6 Å². The van der Waals surface area contributed by atoms with Gasteiger partial charge in [0.2, 0.25) is 11.8 Å². The zero-order valence-corrected chi connectivity index (χ0v) is 18.5. The van der Waals surface area contributed by atoms with Crippen molar-refractivity contribution in [1.29, 1.82) is 0 Å². The third kappa shape index (κ3) is 4.03. The average Bonchev–Trinajstić information content (AvgIpc) is 3.26. The summed E-state index contributed by atoms with van der Waals surface area (Å²) in [6, 6.07) is 19.5. The van der Waals surface area contributed by atoms with Gasteiger partial charge in [-0.15, -0.1) is 0 Å². The molecule has 1 N–H and O–H groups in total. The zero-order valence-electron chi connectivity index (χ0n) is 18.5. The number of pyridine rings is 1. The molecule has 1 amide bonds. The van der Waals surface area contributed by atoms with Crippen LogP contribution in [0.2, 0.25) is 0 Å². The molecule has 0 saturated heterocycles. The minimum atomic E-state index is -0.0689. The van der Waals surface area contributed by atoms with Gasteiger partial charge in [-0.1, -0.05) is 43.3 Å². The van der Waals surface area contributed by atoms with Crippen LogP contribution in [0.25, 0.3) is 33.3 Å². The fourth-order valence-electron chi connectivity index (χ4n) is 3.86. The molecule has 0 aliphatic rings. The Kier molecular flexibility index (Phi) is 5.48. The number of nitrogens with one attached hydrogen (secondary N) is 1. The second-order valence-electron chi connectivity index (χ2n) is 7.88. The maximum atomic E-state index is 12.5. The summed E-state index contributed by atoms with van der Waals surface area (Å²) in [7, 11) is 0. The van der Waals surface area contributed by atoms with E-state index in [1.54, 1.807) is 12.4 Å². The van der Waals surface area contributed by atoms with Crippen molar-refractivity contribution in [2.75, 3.05) is 5.32 Å². The predicted octanol–water partition coefficient (Wildman–Crippen LogP) is 6.88. The summed E-state index contributed by atoms with van der Waals surface area (Å²) in [5.41, 5.74) is 3.38. The third-order valence-corrected chi connectivity index (χ3v) is 5.47. The van der Waals surface area contributed by atoms with Crippen molar-refractivity contribution in [1.82, 2.24) is 9.97 Å². The zero-order chi connectivity index (χ0) is 22.8. The average molecular weight is 437 g/mol. The molecule has 0 aliphatic carbocycles. The number of hydrogen-bond acceptors (Lipinski definition) is 5. The molecule has 5 rings (SSSR count). The molecule has 2 heterocycles. The Morgan fingerprint density at radius 2 is 1.85 bits per heavy atom. The van der Waals surface area contributed by atoms with E-state index in [0.717, 1.165) is 28.3 Å². The summed E-state index contributed by atoms with van der Waals surface area (Å²) < 4.78 is 12.6. The van der Waals surface area contributed by atoms with Crippen LogP contribution in [-0.4, -0.2) is 15.9 Å². The van der Waals surface area contributed by atoms with Crippen molar-refractivity contribution < 1.29 is 13.9 Å². The van der Waals surface area contributed by atoms with E-state index in [-0.39, 0.29) is 5.91 Å². The minimum absolute atomic E-state index is 0.0689. The molecule has 0 aliphatic heterocycles. The van der Waals surface area contributed by atoms with Crippen LogP contribution >= 0.6 is 0 Å². The van der Waals surface area contributed by atoms with Crippen molar-refractivity contribution in [2.45, 2.75) is 26.7 Å². The topological polar surface area (TPSA) is 77.3 Å². The van der Waals surface area contributed by atoms with Gasteiger partial charge >= 0.3 is 0 Å². The van der Waals surface area contributed by atoms with Crippen molar-refractivity contribution >= 4 is 33.5 Å². The molecule has 33 heavy (non-hydrogen) atoms. The number of benzene rings is 3.